The van der Waals surface area contributed by atoms with Crippen LogP contribution < -0.4 is 5.32 Å². The number of imidazole rings is 1. The highest BCUT2D eigenvalue weighted by molar-refractivity contribution is 7.15. The van der Waals surface area contributed by atoms with Crippen LogP contribution in [0, 0.1) is 5.92 Å². The van der Waals surface area contributed by atoms with Crippen molar-refractivity contribution in [3.8, 4) is 0 Å². The molecular weight excluding hydrogens is 230 g/mol. The molecule has 17 heavy (non-hydrogen) atoms. The van der Waals surface area contributed by atoms with Gasteiger partial charge >= 0.3 is 0 Å². The van der Waals surface area contributed by atoms with E-state index < -0.39 is 0 Å². The first-order chi connectivity index (χ1) is 8.36. The van der Waals surface area contributed by atoms with Crippen LogP contribution >= 0.6 is 11.3 Å². The Hall–Kier alpha value is -0.870. The van der Waals surface area contributed by atoms with Crippen molar-refractivity contribution in [2.75, 3.05) is 6.54 Å². The van der Waals surface area contributed by atoms with Crippen LogP contribution in [0.25, 0.3) is 4.96 Å². The number of hydrogen-bond acceptors (Lipinski definition) is 3. The van der Waals surface area contributed by atoms with E-state index in [0.29, 0.717) is 6.04 Å². The van der Waals surface area contributed by atoms with E-state index in [1.165, 1.54) is 25.0 Å². The minimum atomic E-state index is 0.623. The second kappa shape index (κ2) is 4.78. The third-order valence-electron chi connectivity index (χ3n) is 3.76. The summed E-state index contributed by atoms with van der Waals surface area (Å²) >= 11 is 1.71. The first-order valence-electron chi connectivity index (χ1n) is 6.51. The molecular formula is C13H19N3S. The van der Waals surface area contributed by atoms with Gasteiger partial charge in [0.2, 0.25) is 0 Å². The van der Waals surface area contributed by atoms with E-state index in [4.69, 9.17) is 0 Å². The van der Waals surface area contributed by atoms with Crippen molar-refractivity contribution in [2.45, 2.75) is 38.6 Å². The highest BCUT2D eigenvalue weighted by atomic mass is 32.1. The van der Waals surface area contributed by atoms with Gasteiger partial charge in [0.25, 0.3) is 0 Å². The minimum absolute atomic E-state index is 0.623. The maximum absolute atomic E-state index is 4.68. The molecule has 0 radical (unpaired) electrons. The first kappa shape index (κ1) is 11.2. The molecule has 3 nitrogen and oxygen atoms in total. The first-order valence-corrected chi connectivity index (χ1v) is 7.39. The van der Waals surface area contributed by atoms with Crippen molar-refractivity contribution < 1.29 is 0 Å². The van der Waals surface area contributed by atoms with Crippen LogP contribution in [-0.2, 0) is 6.42 Å². The van der Waals surface area contributed by atoms with Crippen LogP contribution in [0.2, 0.25) is 0 Å². The van der Waals surface area contributed by atoms with Crippen molar-refractivity contribution in [2.24, 2.45) is 5.92 Å². The van der Waals surface area contributed by atoms with Crippen LogP contribution in [0.5, 0.6) is 0 Å². The van der Waals surface area contributed by atoms with Gasteiger partial charge in [-0.1, -0.05) is 13.3 Å². The molecule has 0 aliphatic heterocycles. The summed E-state index contributed by atoms with van der Waals surface area (Å²) in [6.07, 6.45) is 9.52. The molecule has 92 valence electrons. The average Bonchev–Trinajstić information content (AvgIpc) is 2.75. The van der Waals surface area contributed by atoms with Gasteiger partial charge in [-0.15, -0.1) is 11.3 Å². The van der Waals surface area contributed by atoms with E-state index in [-0.39, 0.29) is 0 Å². The fourth-order valence-electron chi connectivity index (χ4n) is 2.61. The Labute approximate surface area is 106 Å². The Morgan fingerprint density at radius 3 is 3.12 bits per heavy atom. The Morgan fingerprint density at radius 1 is 1.59 bits per heavy atom. The summed E-state index contributed by atoms with van der Waals surface area (Å²) < 4.78 is 2.13. The number of hydrogen-bond donors (Lipinski definition) is 1. The Morgan fingerprint density at radius 2 is 2.47 bits per heavy atom. The monoisotopic (exact) mass is 249 g/mol. The second-order valence-corrected chi connectivity index (χ2v) is 5.76. The lowest BCUT2D eigenvalue weighted by Gasteiger charge is -2.34. The normalized spacial score (nSPS) is 18.4. The smallest absolute Gasteiger partial charge is 0.193 e. The summed E-state index contributed by atoms with van der Waals surface area (Å²) in [6, 6.07) is 0.623. The SMILES string of the molecule is CCNC(Cc1cn2ccsc2n1)C1CCC1. The number of thiazole rings is 1. The molecule has 1 atom stereocenters. The molecule has 1 N–H and O–H groups in total. The maximum Gasteiger partial charge on any atom is 0.193 e. The molecule has 2 heterocycles. The van der Waals surface area contributed by atoms with Crippen molar-refractivity contribution in [1.82, 2.24) is 14.7 Å². The topological polar surface area (TPSA) is 29.3 Å². The molecule has 0 aromatic carbocycles. The highest BCUT2D eigenvalue weighted by Crippen LogP contribution is 2.31. The van der Waals surface area contributed by atoms with Gasteiger partial charge in [-0.25, -0.2) is 4.98 Å². The number of aromatic nitrogens is 2. The molecule has 0 spiro atoms. The Kier molecular flexibility index (Phi) is 3.16. The molecule has 2 aromatic rings. The van der Waals surface area contributed by atoms with Gasteiger partial charge in [-0.3, -0.25) is 4.40 Å². The third-order valence-corrected chi connectivity index (χ3v) is 4.53. The molecule has 0 bridgehead atoms. The fraction of sp³-hybridized carbons (Fsp3) is 0.615. The molecule has 2 aromatic heterocycles. The largest absolute Gasteiger partial charge is 0.314 e. The minimum Gasteiger partial charge on any atom is -0.314 e. The van der Waals surface area contributed by atoms with Gasteiger partial charge < -0.3 is 5.32 Å². The summed E-state index contributed by atoms with van der Waals surface area (Å²) in [4.78, 5) is 5.79. The van der Waals surface area contributed by atoms with Crippen molar-refractivity contribution in [1.29, 1.82) is 0 Å². The van der Waals surface area contributed by atoms with Crippen LogP contribution in [0.3, 0.4) is 0 Å². The van der Waals surface area contributed by atoms with E-state index in [1.807, 2.05) is 0 Å². The third kappa shape index (κ3) is 2.24. The number of nitrogens with one attached hydrogen (secondary N) is 1. The zero-order valence-corrected chi connectivity index (χ0v) is 11.0. The standard InChI is InChI=1S/C13H19N3S/c1-2-14-12(10-4-3-5-10)8-11-9-16-6-7-17-13(16)15-11/h6-7,9-10,12,14H,2-5,8H2,1H3. The number of nitrogens with zero attached hydrogens (tertiary/aromatic N) is 2. The van der Waals surface area contributed by atoms with Crippen LogP contribution in [-0.4, -0.2) is 22.0 Å². The van der Waals surface area contributed by atoms with Gasteiger partial charge in [-0.05, 0) is 25.3 Å². The number of rotatable bonds is 5. The molecule has 1 aliphatic rings. The Bertz CT molecular complexity index is 455. The average molecular weight is 249 g/mol. The van der Waals surface area contributed by atoms with Crippen LogP contribution in [0.15, 0.2) is 17.8 Å². The molecule has 4 heteroatoms. The van der Waals surface area contributed by atoms with Crippen molar-refractivity contribution >= 4 is 16.3 Å². The molecule has 0 amide bonds. The predicted molar refractivity (Wildman–Crippen MR) is 71.6 cm³/mol. The molecule has 3 rings (SSSR count). The van der Waals surface area contributed by atoms with E-state index in [9.17, 15) is 0 Å². The van der Waals surface area contributed by atoms with Crippen LogP contribution in [0.4, 0.5) is 0 Å². The van der Waals surface area contributed by atoms with Gasteiger partial charge in [-0.2, -0.15) is 0 Å². The van der Waals surface area contributed by atoms with Gasteiger partial charge in [0, 0.05) is 30.2 Å². The molecule has 1 saturated carbocycles. The summed E-state index contributed by atoms with van der Waals surface area (Å²) in [6.45, 7) is 3.25. The molecule has 1 fully saturated rings. The van der Waals surface area contributed by atoms with Gasteiger partial charge in [0.1, 0.15) is 0 Å². The lowest BCUT2D eigenvalue weighted by Crippen LogP contribution is -2.41. The lowest BCUT2D eigenvalue weighted by molar-refractivity contribution is 0.229. The number of fused-ring (bicyclic) bond motifs is 1. The quantitative estimate of drug-likeness (QED) is 0.883. The molecule has 0 saturated heterocycles. The summed E-state index contributed by atoms with van der Waals surface area (Å²) in [5.74, 6) is 0.870. The van der Waals surface area contributed by atoms with Crippen molar-refractivity contribution in [3.05, 3.63) is 23.5 Å². The van der Waals surface area contributed by atoms with E-state index in [1.54, 1.807) is 11.3 Å². The van der Waals surface area contributed by atoms with E-state index in [0.717, 1.165) is 23.8 Å². The van der Waals surface area contributed by atoms with Crippen molar-refractivity contribution in [3.63, 3.8) is 0 Å². The number of likely N-dealkylation sites (N-methyl/N-ethyl adjacent to an activating group) is 1. The van der Waals surface area contributed by atoms with Gasteiger partial charge in [0.05, 0.1) is 5.69 Å². The second-order valence-electron chi connectivity index (χ2n) is 4.88. The molecule has 1 unspecified atom stereocenters. The Balaban J connectivity index is 1.72. The summed E-state index contributed by atoms with van der Waals surface area (Å²) in [5.41, 5.74) is 1.23. The summed E-state index contributed by atoms with van der Waals surface area (Å²) in [5, 5.41) is 5.71. The molecule has 1 aliphatic carbocycles. The van der Waals surface area contributed by atoms with E-state index in [2.05, 4.69) is 39.4 Å². The summed E-state index contributed by atoms with van der Waals surface area (Å²) in [7, 11) is 0. The lowest BCUT2D eigenvalue weighted by atomic mass is 9.78. The van der Waals surface area contributed by atoms with Gasteiger partial charge in [0.15, 0.2) is 4.96 Å². The van der Waals surface area contributed by atoms with Crippen LogP contribution in [0.1, 0.15) is 31.9 Å². The van der Waals surface area contributed by atoms with E-state index >= 15 is 0 Å². The highest BCUT2D eigenvalue weighted by Gasteiger charge is 2.27. The zero-order chi connectivity index (χ0) is 11.7. The predicted octanol–water partition coefficient (Wildman–Crippen LogP) is 2.72. The fourth-order valence-corrected chi connectivity index (χ4v) is 3.33. The maximum atomic E-state index is 4.68. The zero-order valence-electron chi connectivity index (χ0n) is 10.2.